The van der Waals surface area contributed by atoms with E-state index in [2.05, 4.69) is 10.2 Å². The highest BCUT2D eigenvalue weighted by Gasteiger charge is 2.23. The first-order valence-electron chi connectivity index (χ1n) is 8.07. The van der Waals surface area contributed by atoms with Crippen molar-refractivity contribution in [2.75, 3.05) is 36.4 Å². The van der Waals surface area contributed by atoms with Crippen LogP contribution in [-0.2, 0) is 0 Å². The monoisotopic (exact) mass is 383 g/mol. The first-order valence-corrected chi connectivity index (χ1v) is 8.45. The van der Waals surface area contributed by atoms with Gasteiger partial charge in [-0.2, -0.15) is 0 Å². The van der Waals surface area contributed by atoms with Gasteiger partial charge in [0.25, 0.3) is 0 Å². The van der Waals surface area contributed by atoms with Gasteiger partial charge in [0.2, 0.25) is 0 Å². The van der Waals surface area contributed by atoms with E-state index in [0.717, 1.165) is 23.4 Å². The third kappa shape index (κ3) is 3.72. The van der Waals surface area contributed by atoms with Crippen molar-refractivity contribution in [3.63, 3.8) is 0 Å². The van der Waals surface area contributed by atoms with Gasteiger partial charge < -0.3 is 15.1 Å². The number of amides is 2. The highest BCUT2D eigenvalue weighted by molar-refractivity contribution is 6.31. The minimum atomic E-state index is -1.61. The third-order valence-electron chi connectivity index (χ3n) is 4.36. The van der Waals surface area contributed by atoms with E-state index >= 15 is 0 Å². The summed E-state index contributed by atoms with van der Waals surface area (Å²) in [6.45, 7) is 3.89. The number of piperazine rings is 1. The van der Waals surface area contributed by atoms with E-state index in [4.69, 9.17) is 11.6 Å². The number of hydrogen-bond donors (Lipinski definition) is 1. The molecule has 138 valence electrons. The normalized spacial score (nSPS) is 14.5. The molecule has 0 saturated carbocycles. The van der Waals surface area contributed by atoms with Crippen LogP contribution in [0.1, 0.15) is 5.56 Å². The van der Waals surface area contributed by atoms with Crippen LogP contribution in [0.5, 0.6) is 0 Å². The van der Waals surface area contributed by atoms with Gasteiger partial charge in [0, 0.05) is 36.9 Å². The average Bonchev–Trinajstić information content (AvgIpc) is 2.64. The predicted molar refractivity (Wildman–Crippen MR) is 95.3 cm³/mol. The van der Waals surface area contributed by atoms with Crippen LogP contribution >= 0.6 is 11.6 Å². The molecular weight excluding hydrogens is 367 g/mol. The molecule has 1 N–H and O–H groups in total. The number of nitrogens with one attached hydrogen (secondary N) is 1. The van der Waals surface area contributed by atoms with Gasteiger partial charge in [0.15, 0.2) is 17.5 Å². The number of carbonyl (C=O) groups is 1. The lowest BCUT2D eigenvalue weighted by Gasteiger charge is -2.36. The molecule has 0 radical (unpaired) electrons. The first-order chi connectivity index (χ1) is 12.4. The lowest BCUT2D eigenvalue weighted by atomic mass is 10.2. The van der Waals surface area contributed by atoms with Crippen molar-refractivity contribution < 1.29 is 18.0 Å². The lowest BCUT2D eigenvalue weighted by molar-refractivity contribution is 0.208. The van der Waals surface area contributed by atoms with Crippen LogP contribution in [0.2, 0.25) is 5.02 Å². The number of nitrogens with zero attached hydrogens (tertiary/aromatic N) is 2. The van der Waals surface area contributed by atoms with Crippen LogP contribution in [0.4, 0.5) is 29.3 Å². The van der Waals surface area contributed by atoms with Crippen LogP contribution in [0.15, 0.2) is 30.3 Å². The quantitative estimate of drug-likeness (QED) is 0.779. The molecule has 2 aromatic rings. The zero-order chi connectivity index (χ0) is 18.8. The van der Waals surface area contributed by atoms with Crippen LogP contribution in [-0.4, -0.2) is 37.1 Å². The summed E-state index contributed by atoms with van der Waals surface area (Å²) >= 11 is 6.15. The van der Waals surface area contributed by atoms with Crippen LogP contribution in [0.3, 0.4) is 0 Å². The predicted octanol–water partition coefficient (Wildman–Crippen LogP) is 4.42. The van der Waals surface area contributed by atoms with Gasteiger partial charge in [0.1, 0.15) is 0 Å². The van der Waals surface area contributed by atoms with E-state index in [1.807, 2.05) is 25.1 Å². The molecule has 1 fully saturated rings. The largest absolute Gasteiger partial charge is 0.368 e. The molecule has 0 atom stereocenters. The molecule has 2 amide bonds. The third-order valence-corrected chi connectivity index (χ3v) is 4.77. The molecule has 1 aliphatic rings. The van der Waals surface area contributed by atoms with Crippen molar-refractivity contribution in [1.82, 2.24) is 4.90 Å². The summed E-state index contributed by atoms with van der Waals surface area (Å²) in [5.74, 6) is -4.32. The summed E-state index contributed by atoms with van der Waals surface area (Å²) in [6, 6.07) is 6.99. The maximum Gasteiger partial charge on any atom is 0.322 e. The average molecular weight is 384 g/mol. The number of carbonyl (C=O) groups excluding carboxylic acids is 1. The van der Waals surface area contributed by atoms with Crippen molar-refractivity contribution in [3.05, 3.63) is 58.4 Å². The summed E-state index contributed by atoms with van der Waals surface area (Å²) in [7, 11) is 0. The number of anilines is 2. The second kappa shape index (κ2) is 7.45. The smallest absolute Gasteiger partial charge is 0.322 e. The Kier molecular flexibility index (Phi) is 5.27. The maximum atomic E-state index is 13.7. The number of aryl methyl sites for hydroxylation is 1. The Morgan fingerprint density at radius 2 is 1.73 bits per heavy atom. The number of hydrogen-bond acceptors (Lipinski definition) is 2. The minimum Gasteiger partial charge on any atom is -0.368 e. The Labute approximate surface area is 154 Å². The summed E-state index contributed by atoms with van der Waals surface area (Å²) < 4.78 is 39.9. The van der Waals surface area contributed by atoms with Crippen molar-refractivity contribution in [3.8, 4) is 0 Å². The van der Waals surface area contributed by atoms with Crippen molar-refractivity contribution in [2.24, 2.45) is 0 Å². The summed E-state index contributed by atoms with van der Waals surface area (Å²) in [5.41, 5.74) is 1.57. The summed E-state index contributed by atoms with van der Waals surface area (Å²) in [5, 5.41) is 2.96. The Bertz CT molecular complexity index is 839. The van der Waals surface area contributed by atoms with E-state index in [-0.39, 0.29) is 5.69 Å². The molecule has 26 heavy (non-hydrogen) atoms. The van der Waals surface area contributed by atoms with E-state index in [0.29, 0.717) is 31.2 Å². The van der Waals surface area contributed by atoms with Crippen LogP contribution in [0, 0.1) is 24.4 Å². The Balaban J connectivity index is 1.62. The Hall–Kier alpha value is -2.41. The molecule has 1 saturated heterocycles. The second-order valence-corrected chi connectivity index (χ2v) is 6.47. The fourth-order valence-electron chi connectivity index (χ4n) is 2.76. The van der Waals surface area contributed by atoms with Gasteiger partial charge in [0.05, 0.1) is 5.69 Å². The molecule has 1 aliphatic heterocycles. The lowest BCUT2D eigenvalue weighted by Crippen LogP contribution is -2.50. The van der Waals surface area contributed by atoms with Gasteiger partial charge in [-0.25, -0.2) is 18.0 Å². The van der Waals surface area contributed by atoms with Crippen molar-refractivity contribution in [2.45, 2.75) is 6.92 Å². The van der Waals surface area contributed by atoms with Crippen LogP contribution in [0.25, 0.3) is 0 Å². The number of halogens is 4. The van der Waals surface area contributed by atoms with E-state index in [1.54, 1.807) is 0 Å². The molecule has 0 spiro atoms. The van der Waals surface area contributed by atoms with Gasteiger partial charge in [-0.1, -0.05) is 17.7 Å². The van der Waals surface area contributed by atoms with Gasteiger partial charge in [-0.3, -0.25) is 0 Å². The number of benzene rings is 2. The molecule has 0 aliphatic carbocycles. The highest BCUT2D eigenvalue weighted by Crippen LogP contribution is 2.24. The Morgan fingerprint density at radius 3 is 2.38 bits per heavy atom. The van der Waals surface area contributed by atoms with Crippen LogP contribution < -0.4 is 10.2 Å². The molecular formula is C18H17ClF3N3O. The molecule has 2 aromatic carbocycles. The fraction of sp³-hybridized carbons (Fsp3) is 0.278. The highest BCUT2D eigenvalue weighted by atomic mass is 35.5. The molecule has 0 aromatic heterocycles. The SMILES string of the molecule is Cc1ccc(N2CCN(C(=O)Nc3ccc(F)c(F)c3F)CC2)cc1Cl. The summed E-state index contributed by atoms with van der Waals surface area (Å²) in [6.07, 6.45) is 0. The first kappa shape index (κ1) is 18.4. The molecule has 4 nitrogen and oxygen atoms in total. The second-order valence-electron chi connectivity index (χ2n) is 6.06. The van der Waals surface area contributed by atoms with E-state index in [9.17, 15) is 18.0 Å². The standard InChI is InChI=1S/C18H17ClF3N3O/c1-11-2-3-12(10-13(11)19)24-6-8-25(9-7-24)18(26)23-15-5-4-14(20)16(21)17(15)22/h2-5,10H,6-9H2,1H3,(H,23,26). The maximum absolute atomic E-state index is 13.7. The zero-order valence-electron chi connectivity index (χ0n) is 14.0. The zero-order valence-corrected chi connectivity index (χ0v) is 14.8. The van der Waals surface area contributed by atoms with Gasteiger partial charge in [-0.15, -0.1) is 0 Å². The molecule has 3 rings (SSSR count). The molecule has 1 heterocycles. The molecule has 0 bridgehead atoms. The number of urea groups is 1. The summed E-state index contributed by atoms with van der Waals surface area (Å²) in [4.78, 5) is 15.8. The molecule has 0 unspecified atom stereocenters. The number of rotatable bonds is 2. The molecule has 8 heteroatoms. The Morgan fingerprint density at radius 1 is 1.04 bits per heavy atom. The van der Waals surface area contributed by atoms with Crippen molar-refractivity contribution >= 4 is 29.0 Å². The van der Waals surface area contributed by atoms with E-state index < -0.39 is 23.5 Å². The van der Waals surface area contributed by atoms with Gasteiger partial charge in [-0.05, 0) is 36.8 Å². The fourth-order valence-corrected chi connectivity index (χ4v) is 2.94. The van der Waals surface area contributed by atoms with Crippen molar-refractivity contribution in [1.29, 1.82) is 0 Å². The van der Waals surface area contributed by atoms with Gasteiger partial charge >= 0.3 is 6.03 Å². The minimum absolute atomic E-state index is 0.387. The van der Waals surface area contributed by atoms with E-state index in [1.165, 1.54) is 4.90 Å². The topological polar surface area (TPSA) is 35.6 Å².